The van der Waals surface area contributed by atoms with Gasteiger partial charge in [0.1, 0.15) is 17.9 Å². The highest BCUT2D eigenvalue weighted by Gasteiger charge is 2.15. The van der Waals surface area contributed by atoms with Crippen LogP contribution in [0.1, 0.15) is 35.5 Å². The van der Waals surface area contributed by atoms with Crippen LogP contribution in [0, 0.1) is 0 Å². The second-order valence-corrected chi connectivity index (χ2v) is 5.24. The van der Waals surface area contributed by atoms with E-state index in [4.69, 9.17) is 16.7 Å². The maximum atomic E-state index is 12.8. The molecule has 3 aromatic rings. The van der Waals surface area contributed by atoms with Crippen LogP contribution in [0.5, 0.6) is 0 Å². The number of aromatic nitrogens is 3. The fourth-order valence-corrected chi connectivity index (χ4v) is 2.43. The summed E-state index contributed by atoms with van der Waals surface area (Å²) in [6, 6.07) is 7.40. The maximum Gasteiger partial charge on any atom is 0.339 e. The molecule has 5 nitrogen and oxygen atoms in total. The average Bonchev–Trinajstić information content (AvgIpc) is 2.99. The molecule has 0 radical (unpaired) electrons. The quantitative estimate of drug-likeness (QED) is 0.761. The minimum absolute atomic E-state index is 0.0713. The van der Waals surface area contributed by atoms with E-state index in [1.807, 2.05) is 32.0 Å². The summed E-state index contributed by atoms with van der Waals surface area (Å²) >= 11 is 5.92. The molecular weight excluding hydrogens is 333 g/mol. The van der Waals surface area contributed by atoms with Crippen molar-refractivity contribution in [2.24, 2.45) is 0 Å². The van der Waals surface area contributed by atoms with E-state index in [-0.39, 0.29) is 11.3 Å². The highest BCUT2D eigenvalue weighted by molar-refractivity contribution is 6.31. The van der Waals surface area contributed by atoms with Gasteiger partial charge in [-0.15, -0.1) is 0 Å². The lowest BCUT2D eigenvalue weighted by Crippen LogP contribution is -2.01. The van der Waals surface area contributed by atoms with Gasteiger partial charge in [-0.25, -0.2) is 9.18 Å². The van der Waals surface area contributed by atoms with Gasteiger partial charge in [-0.1, -0.05) is 31.5 Å². The smallest absolute Gasteiger partial charge is 0.339 e. The summed E-state index contributed by atoms with van der Waals surface area (Å²) in [4.78, 5) is 15.2. The van der Waals surface area contributed by atoms with Gasteiger partial charge in [-0.05, 0) is 23.8 Å². The molecule has 0 amide bonds. The molecule has 0 aliphatic heterocycles. The third-order valence-electron chi connectivity index (χ3n) is 3.25. The van der Waals surface area contributed by atoms with Crippen molar-refractivity contribution in [1.82, 2.24) is 14.8 Å². The second kappa shape index (κ2) is 7.88. The maximum absolute atomic E-state index is 12.8. The SMILES string of the molecule is CC.O=C(O)c1cn(Cc2ccc3ncc(Cl)cc3c2)nc1CF. The van der Waals surface area contributed by atoms with E-state index in [1.165, 1.54) is 10.9 Å². The van der Waals surface area contributed by atoms with E-state index in [9.17, 15) is 9.18 Å². The van der Waals surface area contributed by atoms with Crippen molar-refractivity contribution < 1.29 is 14.3 Å². The fourth-order valence-electron chi connectivity index (χ4n) is 2.26. The molecule has 0 aliphatic rings. The monoisotopic (exact) mass is 349 g/mol. The Morgan fingerprint density at radius 3 is 2.71 bits per heavy atom. The first-order chi connectivity index (χ1) is 11.6. The van der Waals surface area contributed by atoms with Crippen molar-refractivity contribution in [3.05, 3.63) is 58.5 Å². The van der Waals surface area contributed by atoms with Crippen LogP contribution in [0.2, 0.25) is 5.02 Å². The van der Waals surface area contributed by atoms with Gasteiger partial charge in [0.2, 0.25) is 0 Å². The molecule has 0 spiro atoms. The van der Waals surface area contributed by atoms with Gasteiger partial charge in [-0.2, -0.15) is 5.10 Å². The summed E-state index contributed by atoms with van der Waals surface area (Å²) < 4.78 is 14.2. The molecule has 2 heterocycles. The highest BCUT2D eigenvalue weighted by atomic mass is 35.5. The number of carboxylic acids is 1. The molecule has 0 saturated carbocycles. The van der Waals surface area contributed by atoms with E-state index in [0.717, 1.165) is 16.5 Å². The molecule has 7 heteroatoms. The van der Waals surface area contributed by atoms with Gasteiger partial charge in [0, 0.05) is 17.8 Å². The summed E-state index contributed by atoms with van der Waals surface area (Å²) in [5.74, 6) is -1.19. The average molecular weight is 350 g/mol. The van der Waals surface area contributed by atoms with E-state index in [1.54, 1.807) is 12.3 Å². The van der Waals surface area contributed by atoms with E-state index in [0.29, 0.717) is 11.6 Å². The van der Waals surface area contributed by atoms with Crippen LogP contribution in [-0.4, -0.2) is 25.8 Å². The van der Waals surface area contributed by atoms with E-state index < -0.39 is 12.6 Å². The molecule has 0 bridgehead atoms. The van der Waals surface area contributed by atoms with Gasteiger partial charge in [0.05, 0.1) is 17.1 Å². The molecular formula is C17H17ClFN3O2. The normalized spacial score (nSPS) is 10.3. The predicted molar refractivity (Wildman–Crippen MR) is 91.2 cm³/mol. The Morgan fingerprint density at radius 2 is 2.08 bits per heavy atom. The second-order valence-electron chi connectivity index (χ2n) is 4.81. The molecule has 126 valence electrons. The lowest BCUT2D eigenvalue weighted by atomic mass is 10.1. The topological polar surface area (TPSA) is 68.0 Å². The van der Waals surface area contributed by atoms with Gasteiger partial charge >= 0.3 is 5.97 Å². The number of alkyl halides is 1. The fraction of sp³-hybridized carbons (Fsp3) is 0.235. The zero-order valence-electron chi connectivity index (χ0n) is 13.3. The van der Waals surface area contributed by atoms with Crippen molar-refractivity contribution in [3.63, 3.8) is 0 Å². The Kier molecular flexibility index (Phi) is 5.87. The number of rotatable bonds is 4. The first kappa shape index (κ1) is 17.9. The van der Waals surface area contributed by atoms with Crippen molar-refractivity contribution in [1.29, 1.82) is 0 Å². The standard InChI is InChI=1S/C15H11ClFN3O2.C2H6/c16-11-4-10-3-9(1-2-13(10)18-6-11)7-20-8-12(15(21)22)14(5-17)19-20;1-2/h1-4,6,8H,5,7H2,(H,21,22);1-2H3. The largest absolute Gasteiger partial charge is 0.478 e. The number of carboxylic acid groups (broad SMARTS) is 1. The number of aromatic carboxylic acids is 1. The third kappa shape index (κ3) is 3.89. The molecule has 1 aromatic carbocycles. The number of pyridine rings is 1. The highest BCUT2D eigenvalue weighted by Crippen LogP contribution is 2.19. The van der Waals surface area contributed by atoms with Crippen LogP contribution >= 0.6 is 11.6 Å². The van der Waals surface area contributed by atoms with Gasteiger partial charge < -0.3 is 5.11 Å². The molecule has 3 rings (SSSR count). The Labute approximate surface area is 143 Å². The Hall–Kier alpha value is -2.47. The van der Waals surface area contributed by atoms with Gasteiger partial charge in [-0.3, -0.25) is 9.67 Å². The molecule has 0 aliphatic carbocycles. The van der Waals surface area contributed by atoms with Crippen molar-refractivity contribution >= 4 is 28.5 Å². The Bertz CT molecular complexity index is 864. The minimum atomic E-state index is -1.19. The van der Waals surface area contributed by atoms with Crippen molar-refractivity contribution in [3.8, 4) is 0 Å². The van der Waals surface area contributed by atoms with E-state index in [2.05, 4.69) is 10.1 Å². The summed E-state index contributed by atoms with van der Waals surface area (Å²) in [6.07, 6.45) is 2.90. The van der Waals surface area contributed by atoms with Crippen molar-refractivity contribution in [2.45, 2.75) is 27.1 Å². The summed E-state index contributed by atoms with van der Waals surface area (Å²) in [6.45, 7) is 3.43. The van der Waals surface area contributed by atoms with Crippen LogP contribution < -0.4 is 0 Å². The molecule has 0 unspecified atom stereocenters. The number of benzene rings is 1. The molecule has 2 aromatic heterocycles. The molecule has 24 heavy (non-hydrogen) atoms. The van der Waals surface area contributed by atoms with Crippen LogP contribution in [0.15, 0.2) is 36.7 Å². The lowest BCUT2D eigenvalue weighted by Gasteiger charge is -2.04. The number of halogens is 2. The number of hydrogen-bond acceptors (Lipinski definition) is 3. The molecule has 0 atom stereocenters. The first-order valence-corrected chi connectivity index (χ1v) is 7.84. The van der Waals surface area contributed by atoms with Crippen molar-refractivity contribution in [2.75, 3.05) is 0 Å². The molecule has 0 saturated heterocycles. The first-order valence-electron chi connectivity index (χ1n) is 7.46. The zero-order chi connectivity index (χ0) is 17.7. The van der Waals surface area contributed by atoms with Gasteiger partial charge in [0.25, 0.3) is 0 Å². The van der Waals surface area contributed by atoms with Crippen LogP contribution in [0.4, 0.5) is 4.39 Å². The Morgan fingerprint density at radius 1 is 1.33 bits per heavy atom. The summed E-state index contributed by atoms with van der Waals surface area (Å²) in [7, 11) is 0. The minimum Gasteiger partial charge on any atom is -0.478 e. The number of nitrogens with zero attached hydrogens (tertiary/aromatic N) is 3. The molecule has 1 N–H and O–H groups in total. The Balaban J connectivity index is 0.00000100. The summed E-state index contributed by atoms with van der Waals surface area (Å²) in [5.41, 5.74) is 1.51. The van der Waals surface area contributed by atoms with Crippen LogP contribution in [0.25, 0.3) is 10.9 Å². The zero-order valence-corrected chi connectivity index (χ0v) is 14.1. The van der Waals surface area contributed by atoms with Crippen LogP contribution in [0.3, 0.4) is 0 Å². The lowest BCUT2D eigenvalue weighted by molar-refractivity contribution is 0.0694. The number of hydrogen-bond donors (Lipinski definition) is 1. The number of fused-ring (bicyclic) bond motifs is 1. The number of carbonyl (C=O) groups is 1. The van der Waals surface area contributed by atoms with E-state index >= 15 is 0 Å². The summed E-state index contributed by atoms with van der Waals surface area (Å²) in [5, 5.41) is 14.4. The predicted octanol–water partition coefficient (Wildman–Crippen LogP) is 4.33. The third-order valence-corrected chi connectivity index (χ3v) is 3.46. The van der Waals surface area contributed by atoms with Gasteiger partial charge in [0.15, 0.2) is 0 Å². The van der Waals surface area contributed by atoms with Crippen LogP contribution in [-0.2, 0) is 13.2 Å². The molecule has 0 fully saturated rings.